The largest absolute Gasteiger partial charge is 0.493 e. The lowest BCUT2D eigenvalue weighted by Gasteiger charge is -2.17. The molecule has 1 aromatic heterocycles. The fourth-order valence-electron chi connectivity index (χ4n) is 1.85. The third-order valence-corrected chi connectivity index (χ3v) is 2.75. The molecule has 17 heavy (non-hydrogen) atoms. The monoisotopic (exact) mass is 235 g/mol. The minimum atomic E-state index is -0.462. The molecule has 0 aliphatic carbocycles. The summed E-state index contributed by atoms with van der Waals surface area (Å²) in [6.45, 7) is 0.265. The molecule has 0 bridgehead atoms. The van der Waals surface area contributed by atoms with E-state index in [0.29, 0.717) is 11.6 Å². The number of carbonyl (C=O) groups excluding carboxylic acids is 2. The molecule has 0 saturated carbocycles. The van der Waals surface area contributed by atoms with Crippen molar-refractivity contribution in [2.24, 2.45) is 11.7 Å². The predicted octanol–water partition coefficient (Wildman–Crippen LogP) is -0.0716. The number of primary amides is 1. The Hall–Kier alpha value is -2.11. The van der Waals surface area contributed by atoms with Gasteiger partial charge in [0, 0.05) is 19.2 Å². The van der Waals surface area contributed by atoms with E-state index in [1.54, 1.807) is 18.3 Å². The standard InChI is InChI=1S/C11H13N3O3/c1-17-8-3-2-4-13-11(8)14-6-7(10(12)16)5-9(14)15/h2-4,7H,5-6H2,1H3,(H2,12,16). The number of pyridine rings is 1. The highest BCUT2D eigenvalue weighted by molar-refractivity contribution is 6.00. The van der Waals surface area contributed by atoms with E-state index < -0.39 is 11.8 Å². The zero-order valence-electron chi connectivity index (χ0n) is 9.42. The average molecular weight is 235 g/mol. The number of anilines is 1. The Morgan fingerprint density at radius 3 is 3.00 bits per heavy atom. The molecule has 1 fully saturated rings. The molecule has 0 spiro atoms. The molecule has 2 heterocycles. The molecule has 1 aromatic rings. The summed E-state index contributed by atoms with van der Waals surface area (Å²) >= 11 is 0. The summed E-state index contributed by atoms with van der Waals surface area (Å²) < 4.78 is 5.13. The third-order valence-electron chi connectivity index (χ3n) is 2.75. The van der Waals surface area contributed by atoms with Crippen molar-refractivity contribution in [3.63, 3.8) is 0 Å². The highest BCUT2D eigenvalue weighted by Gasteiger charge is 2.35. The fourth-order valence-corrected chi connectivity index (χ4v) is 1.85. The van der Waals surface area contributed by atoms with Crippen molar-refractivity contribution in [3.05, 3.63) is 18.3 Å². The summed E-state index contributed by atoms with van der Waals surface area (Å²) in [5.41, 5.74) is 5.20. The van der Waals surface area contributed by atoms with Gasteiger partial charge >= 0.3 is 0 Å². The van der Waals surface area contributed by atoms with Crippen molar-refractivity contribution in [2.45, 2.75) is 6.42 Å². The summed E-state index contributed by atoms with van der Waals surface area (Å²) in [6.07, 6.45) is 1.71. The van der Waals surface area contributed by atoms with Crippen LogP contribution in [0.25, 0.3) is 0 Å². The van der Waals surface area contributed by atoms with Crippen LogP contribution in [0.5, 0.6) is 5.75 Å². The summed E-state index contributed by atoms with van der Waals surface area (Å²) in [7, 11) is 1.51. The number of hydrogen-bond acceptors (Lipinski definition) is 4. The molecular formula is C11H13N3O3. The van der Waals surface area contributed by atoms with Crippen LogP contribution in [-0.4, -0.2) is 30.5 Å². The van der Waals surface area contributed by atoms with Crippen LogP contribution in [0.1, 0.15) is 6.42 Å². The molecule has 1 atom stereocenters. The maximum absolute atomic E-state index is 11.8. The molecular weight excluding hydrogens is 222 g/mol. The number of carbonyl (C=O) groups is 2. The van der Waals surface area contributed by atoms with E-state index in [1.807, 2.05) is 0 Å². The van der Waals surface area contributed by atoms with Crippen molar-refractivity contribution in [1.29, 1.82) is 0 Å². The summed E-state index contributed by atoms with van der Waals surface area (Å²) in [5, 5.41) is 0. The normalized spacial score (nSPS) is 19.5. The Morgan fingerprint density at radius 1 is 1.65 bits per heavy atom. The lowest BCUT2D eigenvalue weighted by molar-refractivity contribution is -0.123. The van der Waals surface area contributed by atoms with Gasteiger partial charge in [0.25, 0.3) is 0 Å². The first-order valence-electron chi connectivity index (χ1n) is 5.22. The van der Waals surface area contributed by atoms with Gasteiger partial charge < -0.3 is 10.5 Å². The van der Waals surface area contributed by atoms with Gasteiger partial charge in [-0.1, -0.05) is 0 Å². The van der Waals surface area contributed by atoms with Crippen molar-refractivity contribution in [3.8, 4) is 5.75 Å². The molecule has 1 aliphatic rings. The second-order valence-electron chi connectivity index (χ2n) is 3.84. The molecule has 6 nitrogen and oxygen atoms in total. The Balaban J connectivity index is 2.29. The van der Waals surface area contributed by atoms with E-state index in [4.69, 9.17) is 10.5 Å². The average Bonchev–Trinajstić information content (AvgIpc) is 2.71. The number of rotatable bonds is 3. The molecule has 0 radical (unpaired) electrons. The quantitative estimate of drug-likeness (QED) is 0.794. The Bertz CT molecular complexity index is 461. The van der Waals surface area contributed by atoms with Crippen molar-refractivity contribution < 1.29 is 14.3 Å². The van der Waals surface area contributed by atoms with Gasteiger partial charge in [0.15, 0.2) is 11.6 Å². The Kier molecular flexibility index (Phi) is 2.95. The number of methoxy groups -OCH3 is 1. The van der Waals surface area contributed by atoms with E-state index in [-0.39, 0.29) is 18.9 Å². The summed E-state index contributed by atoms with van der Waals surface area (Å²) in [6, 6.07) is 3.43. The lowest BCUT2D eigenvalue weighted by Crippen LogP contribution is -2.29. The van der Waals surface area contributed by atoms with Crippen LogP contribution in [0.2, 0.25) is 0 Å². The number of hydrogen-bond donors (Lipinski definition) is 1. The topological polar surface area (TPSA) is 85.5 Å². The highest BCUT2D eigenvalue weighted by atomic mass is 16.5. The summed E-state index contributed by atoms with van der Waals surface area (Å²) in [5.74, 6) is -0.134. The Morgan fingerprint density at radius 2 is 2.41 bits per heavy atom. The second-order valence-corrected chi connectivity index (χ2v) is 3.84. The molecule has 1 unspecified atom stereocenters. The van der Waals surface area contributed by atoms with Crippen LogP contribution in [0.15, 0.2) is 18.3 Å². The van der Waals surface area contributed by atoms with Crippen molar-refractivity contribution in [1.82, 2.24) is 4.98 Å². The van der Waals surface area contributed by atoms with Crippen LogP contribution < -0.4 is 15.4 Å². The molecule has 6 heteroatoms. The SMILES string of the molecule is COc1cccnc1N1CC(C(N)=O)CC1=O. The molecule has 90 valence electrons. The molecule has 2 N–H and O–H groups in total. The zero-order chi connectivity index (χ0) is 12.4. The van der Waals surface area contributed by atoms with Gasteiger partial charge in [-0.15, -0.1) is 0 Å². The van der Waals surface area contributed by atoms with Gasteiger partial charge in [-0.25, -0.2) is 4.98 Å². The zero-order valence-corrected chi connectivity index (χ0v) is 9.42. The molecule has 0 aromatic carbocycles. The maximum atomic E-state index is 11.8. The van der Waals surface area contributed by atoms with E-state index >= 15 is 0 Å². The van der Waals surface area contributed by atoms with Gasteiger partial charge in [-0.2, -0.15) is 0 Å². The van der Waals surface area contributed by atoms with Gasteiger partial charge in [0.1, 0.15) is 0 Å². The summed E-state index contributed by atoms with van der Waals surface area (Å²) in [4.78, 5) is 28.4. The van der Waals surface area contributed by atoms with E-state index in [2.05, 4.69) is 4.98 Å². The first kappa shape index (κ1) is 11.4. The van der Waals surface area contributed by atoms with Crippen LogP contribution >= 0.6 is 0 Å². The second kappa shape index (κ2) is 4.40. The number of nitrogens with zero attached hydrogens (tertiary/aromatic N) is 2. The lowest BCUT2D eigenvalue weighted by atomic mass is 10.1. The van der Waals surface area contributed by atoms with E-state index in [1.165, 1.54) is 12.0 Å². The number of nitrogens with two attached hydrogens (primary N) is 1. The van der Waals surface area contributed by atoms with E-state index in [9.17, 15) is 9.59 Å². The van der Waals surface area contributed by atoms with E-state index in [0.717, 1.165) is 0 Å². The van der Waals surface area contributed by atoms with Crippen LogP contribution in [0.3, 0.4) is 0 Å². The minimum Gasteiger partial charge on any atom is -0.493 e. The third kappa shape index (κ3) is 2.06. The van der Waals surface area contributed by atoms with Crippen LogP contribution in [0, 0.1) is 5.92 Å². The number of ether oxygens (including phenoxy) is 1. The smallest absolute Gasteiger partial charge is 0.229 e. The first-order chi connectivity index (χ1) is 8.13. The molecule has 1 aliphatic heterocycles. The van der Waals surface area contributed by atoms with Gasteiger partial charge in [0.05, 0.1) is 13.0 Å². The molecule has 2 amide bonds. The van der Waals surface area contributed by atoms with Crippen LogP contribution in [-0.2, 0) is 9.59 Å². The first-order valence-corrected chi connectivity index (χ1v) is 5.22. The molecule has 1 saturated heterocycles. The fraction of sp³-hybridized carbons (Fsp3) is 0.364. The van der Waals surface area contributed by atoms with Crippen molar-refractivity contribution >= 4 is 17.6 Å². The minimum absolute atomic E-state index is 0.134. The molecule has 2 rings (SSSR count). The Labute approximate surface area is 98.4 Å². The van der Waals surface area contributed by atoms with Gasteiger partial charge in [-0.3, -0.25) is 14.5 Å². The van der Waals surface area contributed by atoms with Gasteiger partial charge in [-0.05, 0) is 12.1 Å². The number of amides is 2. The van der Waals surface area contributed by atoms with Crippen molar-refractivity contribution in [2.75, 3.05) is 18.6 Å². The highest BCUT2D eigenvalue weighted by Crippen LogP contribution is 2.30. The maximum Gasteiger partial charge on any atom is 0.229 e. The van der Waals surface area contributed by atoms with Crippen LogP contribution in [0.4, 0.5) is 5.82 Å². The number of aromatic nitrogens is 1. The van der Waals surface area contributed by atoms with Gasteiger partial charge in [0.2, 0.25) is 11.8 Å². The predicted molar refractivity (Wildman–Crippen MR) is 60.4 cm³/mol.